The van der Waals surface area contributed by atoms with E-state index in [0.717, 1.165) is 0 Å². The summed E-state index contributed by atoms with van der Waals surface area (Å²) in [7, 11) is 0. The van der Waals surface area contributed by atoms with Crippen LogP contribution in [-0.2, 0) is 4.79 Å². The van der Waals surface area contributed by atoms with Gasteiger partial charge in [-0.15, -0.1) is 0 Å². The van der Waals surface area contributed by atoms with Gasteiger partial charge in [-0.3, -0.25) is 4.79 Å². The highest BCUT2D eigenvalue weighted by molar-refractivity contribution is 5.73. The molecule has 0 saturated carbocycles. The first kappa shape index (κ1) is 16.7. The highest BCUT2D eigenvalue weighted by atomic mass is 16.4. The molecule has 21 heavy (non-hydrogen) atoms. The smallest absolute Gasteiger partial charge is 0.309 e. The molecule has 0 aliphatic carbocycles. The first-order chi connectivity index (χ1) is 9.73. The summed E-state index contributed by atoms with van der Waals surface area (Å²) in [6, 6.07) is 3.53. The van der Waals surface area contributed by atoms with Gasteiger partial charge >= 0.3 is 5.97 Å². The van der Waals surface area contributed by atoms with E-state index in [1.807, 2.05) is 19.9 Å². The van der Waals surface area contributed by atoms with Crippen molar-refractivity contribution in [1.29, 1.82) is 0 Å². The second kappa shape index (κ2) is 6.86. The van der Waals surface area contributed by atoms with Crippen LogP contribution in [0.2, 0.25) is 0 Å². The maximum atomic E-state index is 11.1. The lowest BCUT2D eigenvalue weighted by atomic mass is 9.75. The fourth-order valence-electron chi connectivity index (χ4n) is 2.06. The molecule has 0 atom stereocenters. The molecule has 0 spiro atoms. The molecule has 1 aromatic heterocycles. The number of rotatable bonds is 4. The van der Waals surface area contributed by atoms with Crippen molar-refractivity contribution in [2.24, 2.45) is 10.8 Å². The number of allylic oxidation sites excluding steroid dienone is 2. The Labute approximate surface area is 126 Å². The van der Waals surface area contributed by atoms with Crippen LogP contribution in [-0.4, -0.2) is 11.1 Å². The van der Waals surface area contributed by atoms with Crippen LogP contribution in [0, 0.1) is 34.5 Å². The number of aliphatic carboxylic acids is 1. The van der Waals surface area contributed by atoms with Crippen molar-refractivity contribution < 1.29 is 14.3 Å². The Morgan fingerprint density at radius 3 is 2.62 bits per heavy atom. The number of carbonyl (C=O) groups is 1. The van der Waals surface area contributed by atoms with E-state index in [0.29, 0.717) is 12.2 Å². The zero-order valence-corrected chi connectivity index (χ0v) is 12.9. The van der Waals surface area contributed by atoms with Crippen LogP contribution < -0.4 is 0 Å². The third-order valence-corrected chi connectivity index (χ3v) is 2.94. The van der Waals surface area contributed by atoms with E-state index in [1.165, 1.54) is 0 Å². The molecule has 0 fully saturated rings. The van der Waals surface area contributed by atoms with Crippen molar-refractivity contribution >= 4 is 5.97 Å². The predicted octanol–water partition coefficient (Wildman–Crippen LogP) is 3.72. The first-order valence-corrected chi connectivity index (χ1v) is 6.69. The molecule has 0 aliphatic heterocycles. The second-order valence-electron chi connectivity index (χ2n) is 6.18. The maximum absolute atomic E-state index is 11.1. The number of carboxylic acids is 1. The SMILES string of the molecule is CC(C)(/C=C\C#CC#Cc1ccco1)CC(C)(C)C(=O)O. The van der Waals surface area contributed by atoms with E-state index >= 15 is 0 Å². The molecule has 1 heterocycles. The molecule has 0 amide bonds. The molecule has 0 aromatic carbocycles. The van der Waals surface area contributed by atoms with Gasteiger partial charge in [0.05, 0.1) is 11.7 Å². The lowest BCUT2D eigenvalue weighted by Crippen LogP contribution is -2.29. The summed E-state index contributed by atoms with van der Waals surface area (Å²) in [5.41, 5.74) is -1.01. The Morgan fingerprint density at radius 1 is 1.33 bits per heavy atom. The van der Waals surface area contributed by atoms with Gasteiger partial charge in [0.1, 0.15) is 0 Å². The number of furan rings is 1. The van der Waals surface area contributed by atoms with Gasteiger partial charge in [-0.05, 0) is 61.7 Å². The molecule has 0 saturated heterocycles. The normalized spacial score (nSPS) is 11.4. The second-order valence-corrected chi connectivity index (χ2v) is 6.18. The summed E-state index contributed by atoms with van der Waals surface area (Å²) in [4.78, 5) is 11.1. The average molecular weight is 284 g/mol. The summed E-state index contributed by atoms with van der Waals surface area (Å²) in [5, 5.41) is 9.16. The van der Waals surface area contributed by atoms with E-state index < -0.39 is 11.4 Å². The van der Waals surface area contributed by atoms with Crippen molar-refractivity contribution in [3.8, 4) is 23.7 Å². The third kappa shape index (κ3) is 6.06. The highest BCUT2D eigenvalue weighted by Gasteiger charge is 2.33. The fourth-order valence-corrected chi connectivity index (χ4v) is 2.06. The van der Waals surface area contributed by atoms with E-state index in [2.05, 4.69) is 23.7 Å². The predicted molar refractivity (Wildman–Crippen MR) is 82.3 cm³/mol. The summed E-state index contributed by atoms with van der Waals surface area (Å²) < 4.78 is 5.06. The Hall–Kier alpha value is -2.39. The molecule has 0 aliphatic rings. The molecule has 3 heteroatoms. The lowest BCUT2D eigenvalue weighted by Gasteiger charge is -2.29. The van der Waals surface area contributed by atoms with Crippen LogP contribution in [0.3, 0.4) is 0 Å². The highest BCUT2D eigenvalue weighted by Crippen LogP contribution is 2.34. The molecule has 3 nitrogen and oxygen atoms in total. The maximum Gasteiger partial charge on any atom is 0.309 e. The molecule has 1 N–H and O–H groups in total. The van der Waals surface area contributed by atoms with Gasteiger partial charge in [0, 0.05) is 0 Å². The monoisotopic (exact) mass is 284 g/mol. The zero-order chi connectivity index (χ0) is 15.9. The van der Waals surface area contributed by atoms with Gasteiger partial charge in [0.2, 0.25) is 0 Å². The van der Waals surface area contributed by atoms with Gasteiger partial charge in [0.25, 0.3) is 0 Å². The van der Waals surface area contributed by atoms with Gasteiger partial charge in [0.15, 0.2) is 5.76 Å². The topological polar surface area (TPSA) is 50.4 Å². The molecule has 0 unspecified atom stereocenters. The van der Waals surface area contributed by atoms with Gasteiger partial charge in [-0.25, -0.2) is 0 Å². The Bertz CT molecular complexity index is 623. The van der Waals surface area contributed by atoms with E-state index in [1.54, 1.807) is 38.3 Å². The van der Waals surface area contributed by atoms with Crippen molar-refractivity contribution in [3.05, 3.63) is 36.3 Å². The molecule has 1 rings (SSSR count). The zero-order valence-electron chi connectivity index (χ0n) is 12.9. The number of hydrogen-bond donors (Lipinski definition) is 1. The minimum Gasteiger partial charge on any atom is -0.481 e. The molecular weight excluding hydrogens is 264 g/mol. The van der Waals surface area contributed by atoms with Crippen molar-refractivity contribution in [2.45, 2.75) is 34.1 Å². The van der Waals surface area contributed by atoms with Crippen LogP contribution in [0.15, 0.2) is 35.0 Å². The van der Waals surface area contributed by atoms with Crippen LogP contribution in [0.5, 0.6) is 0 Å². The fraction of sp³-hybridized carbons (Fsp3) is 0.389. The molecule has 1 aromatic rings. The van der Waals surface area contributed by atoms with Crippen LogP contribution in [0.25, 0.3) is 0 Å². The molecule has 0 bridgehead atoms. The average Bonchev–Trinajstić information content (AvgIpc) is 2.85. The van der Waals surface area contributed by atoms with E-state index in [4.69, 9.17) is 9.52 Å². The third-order valence-electron chi connectivity index (χ3n) is 2.94. The largest absolute Gasteiger partial charge is 0.481 e. The van der Waals surface area contributed by atoms with Gasteiger partial charge in [-0.1, -0.05) is 25.8 Å². The lowest BCUT2D eigenvalue weighted by molar-refractivity contribution is -0.148. The minimum atomic E-state index is -0.792. The van der Waals surface area contributed by atoms with E-state index in [-0.39, 0.29) is 5.41 Å². The summed E-state index contributed by atoms with van der Waals surface area (Å²) >= 11 is 0. The summed E-state index contributed by atoms with van der Waals surface area (Å²) in [6.07, 6.45) is 5.73. The van der Waals surface area contributed by atoms with Crippen LogP contribution in [0.1, 0.15) is 39.9 Å². The summed E-state index contributed by atoms with van der Waals surface area (Å²) in [5.74, 6) is 10.8. The minimum absolute atomic E-state index is 0.245. The van der Waals surface area contributed by atoms with Crippen LogP contribution >= 0.6 is 0 Å². The van der Waals surface area contributed by atoms with Crippen molar-refractivity contribution in [2.75, 3.05) is 0 Å². The van der Waals surface area contributed by atoms with Gasteiger partial charge < -0.3 is 9.52 Å². The Morgan fingerprint density at radius 2 is 2.05 bits per heavy atom. The van der Waals surface area contributed by atoms with Crippen LogP contribution in [0.4, 0.5) is 0 Å². The molecule has 0 radical (unpaired) electrons. The van der Waals surface area contributed by atoms with Crippen molar-refractivity contribution in [3.63, 3.8) is 0 Å². The number of hydrogen-bond acceptors (Lipinski definition) is 2. The Balaban J connectivity index is 2.62. The Kier molecular flexibility index (Phi) is 5.44. The van der Waals surface area contributed by atoms with Crippen molar-refractivity contribution in [1.82, 2.24) is 0 Å². The van der Waals surface area contributed by atoms with Gasteiger partial charge in [-0.2, -0.15) is 0 Å². The summed E-state index contributed by atoms with van der Waals surface area (Å²) in [6.45, 7) is 7.44. The molecule has 110 valence electrons. The molecular formula is C18H20O3. The standard InChI is InChI=1S/C18H20O3/c1-17(2,14-18(3,4)16(19)20)12-8-6-5-7-10-15-11-9-13-21-15/h8-9,11-13H,14H2,1-4H3,(H,19,20)/b12-8-. The quantitative estimate of drug-likeness (QED) is 0.857. The van der Waals surface area contributed by atoms with E-state index in [9.17, 15) is 4.79 Å². The number of carboxylic acid groups (broad SMARTS) is 1. The first-order valence-electron chi connectivity index (χ1n) is 6.69.